The molecule has 0 unspecified atom stereocenters. The molecule has 5 nitrogen and oxygen atoms in total. The molecule has 2 aromatic rings. The predicted molar refractivity (Wildman–Crippen MR) is 62.1 cm³/mol. The van der Waals surface area contributed by atoms with Gasteiger partial charge in [0.2, 0.25) is 0 Å². The molecule has 0 fully saturated rings. The second kappa shape index (κ2) is 4.14. The quantitative estimate of drug-likeness (QED) is 0.596. The molecule has 0 aromatic carbocycles. The third kappa shape index (κ3) is 2.08. The van der Waals surface area contributed by atoms with Gasteiger partial charge >= 0.3 is 0 Å². The second-order valence-electron chi connectivity index (χ2n) is 3.57. The van der Waals surface area contributed by atoms with Crippen molar-refractivity contribution in [1.82, 2.24) is 14.8 Å². The molecule has 0 spiro atoms. The Morgan fingerprint density at radius 3 is 2.88 bits per heavy atom. The van der Waals surface area contributed by atoms with Crippen molar-refractivity contribution in [1.29, 1.82) is 5.41 Å². The molecule has 0 saturated heterocycles. The highest BCUT2D eigenvalue weighted by atomic mass is 15.3. The fraction of sp³-hybridized carbons (Fsp3) is 0.182. The number of nitrogens with zero attached hydrogens (tertiary/aromatic N) is 3. The highest BCUT2D eigenvalue weighted by Gasteiger charge is 2.07. The number of amidine groups is 1. The summed E-state index contributed by atoms with van der Waals surface area (Å²) in [7, 11) is 0. The van der Waals surface area contributed by atoms with Crippen LogP contribution in [0.5, 0.6) is 0 Å². The molecule has 2 heterocycles. The number of pyridine rings is 1. The predicted octanol–water partition coefficient (Wildman–Crippen LogP) is 1.19. The van der Waals surface area contributed by atoms with E-state index >= 15 is 0 Å². The first-order chi connectivity index (χ1) is 7.66. The Labute approximate surface area is 93.4 Å². The van der Waals surface area contributed by atoms with E-state index in [1.807, 2.05) is 31.2 Å². The van der Waals surface area contributed by atoms with Crippen LogP contribution in [0.25, 0.3) is 11.4 Å². The number of aryl methyl sites for hydroxylation is 1. The molecule has 3 N–H and O–H groups in total. The SMILES string of the molecule is Cc1cc(-c2ccccn2)nn1CC(=N)N. The molecule has 0 aliphatic carbocycles. The second-order valence-corrected chi connectivity index (χ2v) is 3.57. The number of nitrogens with two attached hydrogens (primary N) is 1. The largest absolute Gasteiger partial charge is 0.386 e. The van der Waals surface area contributed by atoms with Crippen LogP contribution < -0.4 is 5.73 Å². The summed E-state index contributed by atoms with van der Waals surface area (Å²) in [5, 5.41) is 11.6. The maximum atomic E-state index is 7.24. The summed E-state index contributed by atoms with van der Waals surface area (Å²) in [6.07, 6.45) is 1.73. The first-order valence-corrected chi connectivity index (χ1v) is 4.95. The summed E-state index contributed by atoms with van der Waals surface area (Å²) >= 11 is 0. The van der Waals surface area contributed by atoms with Crippen molar-refractivity contribution in [2.24, 2.45) is 5.73 Å². The fourth-order valence-electron chi connectivity index (χ4n) is 1.47. The lowest BCUT2D eigenvalue weighted by Crippen LogP contribution is -2.19. The zero-order valence-corrected chi connectivity index (χ0v) is 9.01. The molecule has 0 bridgehead atoms. The molecule has 2 rings (SSSR count). The maximum Gasteiger partial charge on any atom is 0.113 e. The van der Waals surface area contributed by atoms with Gasteiger partial charge in [-0.05, 0) is 25.1 Å². The minimum atomic E-state index is 0.0961. The summed E-state index contributed by atoms with van der Waals surface area (Å²) in [6, 6.07) is 7.62. The molecular formula is C11H13N5. The van der Waals surface area contributed by atoms with Crippen molar-refractivity contribution in [2.75, 3.05) is 0 Å². The van der Waals surface area contributed by atoms with E-state index in [0.717, 1.165) is 17.1 Å². The first-order valence-electron chi connectivity index (χ1n) is 4.95. The lowest BCUT2D eigenvalue weighted by molar-refractivity contribution is 0.696. The summed E-state index contributed by atoms with van der Waals surface area (Å²) in [4.78, 5) is 4.22. The lowest BCUT2D eigenvalue weighted by atomic mass is 10.2. The summed E-state index contributed by atoms with van der Waals surface area (Å²) in [5.41, 5.74) is 7.95. The highest BCUT2D eigenvalue weighted by molar-refractivity contribution is 5.76. The van der Waals surface area contributed by atoms with E-state index in [9.17, 15) is 0 Å². The average molecular weight is 215 g/mol. The van der Waals surface area contributed by atoms with Crippen molar-refractivity contribution >= 4 is 5.84 Å². The van der Waals surface area contributed by atoms with Gasteiger partial charge in [-0.15, -0.1) is 0 Å². The Morgan fingerprint density at radius 1 is 1.44 bits per heavy atom. The van der Waals surface area contributed by atoms with E-state index in [0.29, 0.717) is 6.54 Å². The van der Waals surface area contributed by atoms with E-state index in [4.69, 9.17) is 11.1 Å². The molecule has 16 heavy (non-hydrogen) atoms. The van der Waals surface area contributed by atoms with Gasteiger partial charge in [0.05, 0.1) is 12.2 Å². The van der Waals surface area contributed by atoms with Crippen LogP contribution in [0.4, 0.5) is 0 Å². The van der Waals surface area contributed by atoms with Crippen LogP contribution in [0.15, 0.2) is 30.5 Å². The molecule has 0 saturated carbocycles. The first kappa shape index (κ1) is 10.4. The van der Waals surface area contributed by atoms with E-state index in [2.05, 4.69) is 10.1 Å². The Morgan fingerprint density at radius 2 is 2.25 bits per heavy atom. The van der Waals surface area contributed by atoms with Crippen molar-refractivity contribution in [2.45, 2.75) is 13.5 Å². The summed E-state index contributed by atoms with van der Waals surface area (Å²) < 4.78 is 1.70. The maximum absolute atomic E-state index is 7.24. The molecule has 2 aromatic heterocycles. The van der Waals surface area contributed by atoms with Crippen molar-refractivity contribution in [3.05, 3.63) is 36.2 Å². The number of hydrogen-bond donors (Lipinski definition) is 2. The number of hydrogen-bond acceptors (Lipinski definition) is 3. The van der Waals surface area contributed by atoms with Crippen LogP contribution >= 0.6 is 0 Å². The average Bonchev–Trinajstić information content (AvgIpc) is 2.61. The normalized spacial score (nSPS) is 10.3. The van der Waals surface area contributed by atoms with Crippen LogP contribution in [-0.4, -0.2) is 20.6 Å². The number of rotatable bonds is 3. The number of aromatic nitrogens is 3. The van der Waals surface area contributed by atoms with Crippen LogP contribution in [0.2, 0.25) is 0 Å². The molecular weight excluding hydrogens is 202 g/mol. The van der Waals surface area contributed by atoms with Gasteiger partial charge in [0.1, 0.15) is 11.5 Å². The molecule has 0 aliphatic rings. The minimum absolute atomic E-state index is 0.0961. The van der Waals surface area contributed by atoms with Gasteiger partial charge in [-0.1, -0.05) is 6.07 Å². The number of nitrogens with one attached hydrogen (secondary N) is 1. The van der Waals surface area contributed by atoms with E-state index in [1.54, 1.807) is 10.9 Å². The zero-order chi connectivity index (χ0) is 11.5. The molecule has 5 heteroatoms. The lowest BCUT2D eigenvalue weighted by Gasteiger charge is -2.00. The van der Waals surface area contributed by atoms with E-state index in [1.165, 1.54) is 0 Å². The summed E-state index contributed by atoms with van der Waals surface area (Å²) in [6.45, 7) is 2.25. The van der Waals surface area contributed by atoms with Gasteiger partial charge in [0, 0.05) is 11.9 Å². The van der Waals surface area contributed by atoms with Crippen molar-refractivity contribution in [3.8, 4) is 11.4 Å². The fourth-order valence-corrected chi connectivity index (χ4v) is 1.47. The molecule has 0 aliphatic heterocycles. The van der Waals surface area contributed by atoms with Gasteiger partial charge in [-0.25, -0.2) is 0 Å². The van der Waals surface area contributed by atoms with Crippen molar-refractivity contribution in [3.63, 3.8) is 0 Å². The van der Waals surface area contributed by atoms with Crippen LogP contribution in [0.3, 0.4) is 0 Å². The third-order valence-electron chi connectivity index (χ3n) is 2.23. The Balaban J connectivity index is 2.34. The molecule has 82 valence electrons. The molecule has 0 atom stereocenters. The smallest absolute Gasteiger partial charge is 0.113 e. The standard InChI is InChI=1S/C11H13N5/c1-8-6-10(9-4-2-3-5-14-9)15-16(8)7-11(12)13/h2-6H,7H2,1H3,(H3,12,13). The van der Waals surface area contributed by atoms with Gasteiger partial charge in [-0.2, -0.15) is 5.10 Å². The highest BCUT2D eigenvalue weighted by Crippen LogP contribution is 2.15. The third-order valence-corrected chi connectivity index (χ3v) is 2.23. The van der Waals surface area contributed by atoms with Gasteiger partial charge in [-0.3, -0.25) is 15.1 Å². The van der Waals surface area contributed by atoms with Gasteiger partial charge < -0.3 is 5.73 Å². The van der Waals surface area contributed by atoms with E-state index in [-0.39, 0.29) is 5.84 Å². The zero-order valence-electron chi connectivity index (χ0n) is 9.01. The Bertz CT molecular complexity index is 500. The van der Waals surface area contributed by atoms with Crippen molar-refractivity contribution < 1.29 is 0 Å². The van der Waals surface area contributed by atoms with Crippen LogP contribution in [0, 0.1) is 12.3 Å². The van der Waals surface area contributed by atoms with E-state index < -0.39 is 0 Å². The van der Waals surface area contributed by atoms with Gasteiger partial charge in [0.25, 0.3) is 0 Å². The molecule has 0 amide bonds. The topological polar surface area (TPSA) is 80.6 Å². The minimum Gasteiger partial charge on any atom is -0.386 e. The molecule has 0 radical (unpaired) electrons. The monoisotopic (exact) mass is 215 g/mol. The Kier molecular flexibility index (Phi) is 2.68. The van der Waals surface area contributed by atoms with Crippen LogP contribution in [0.1, 0.15) is 5.69 Å². The van der Waals surface area contributed by atoms with Gasteiger partial charge in [0.15, 0.2) is 0 Å². The van der Waals surface area contributed by atoms with Crippen LogP contribution in [-0.2, 0) is 6.54 Å². The Hall–Kier alpha value is -2.17. The summed E-state index contributed by atoms with van der Waals surface area (Å²) in [5.74, 6) is 0.0961.